The molecule has 4 nitrogen and oxygen atoms in total. The predicted molar refractivity (Wildman–Crippen MR) is 41.6 cm³/mol. The van der Waals surface area contributed by atoms with Crippen LogP contribution in [-0.4, -0.2) is 25.6 Å². The van der Waals surface area contributed by atoms with Crippen molar-refractivity contribution in [3.8, 4) is 0 Å². The van der Waals surface area contributed by atoms with Crippen LogP contribution in [0.3, 0.4) is 0 Å². The minimum atomic E-state index is -1.83. The highest BCUT2D eigenvalue weighted by molar-refractivity contribution is 7.79. The van der Waals surface area contributed by atoms with E-state index in [1.165, 1.54) is 13.0 Å². The molecule has 0 aromatic carbocycles. The minimum absolute atomic E-state index is 0.0879. The van der Waals surface area contributed by atoms with E-state index in [0.717, 1.165) is 0 Å². The third kappa shape index (κ3) is 5.75. The van der Waals surface area contributed by atoms with Crippen molar-refractivity contribution < 1.29 is 18.7 Å². The molecule has 0 aliphatic rings. The van der Waals surface area contributed by atoms with Crippen molar-refractivity contribution in [1.29, 1.82) is 0 Å². The zero-order valence-electron chi connectivity index (χ0n) is 6.11. The number of hydrogen-bond donors (Lipinski definition) is 2. The van der Waals surface area contributed by atoms with Gasteiger partial charge in [-0.1, -0.05) is 6.08 Å². The molecule has 0 bridgehead atoms. The van der Waals surface area contributed by atoms with E-state index in [-0.39, 0.29) is 11.3 Å². The molecule has 0 saturated carbocycles. The normalized spacial score (nSPS) is 14.5. The number of allylic oxidation sites excluding steroid dienone is 1. The van der Waals surface area contributed by atoms with Crippen LogP contribution in [0.4, 0.5) is 0 Å². The van der Waals surface area contributed by atoms with Gasteiger partial charge in [0.2, 0.25) is 0 Å². The van der Waals surface area contributed by atoms with Gasteiger partial charge in [0, 0.05) is 5.57 Å². The van der Waals surface area contributed by atoms with Crippen molar-refractivity contribution in [2.45, 2.75) is 13.3 Å². The van der Waals surface area contributed by atoms with Crippen LogP contribution >= 0.6 is 0 Å². The summed E-state index contributed by atoms with van der Waals surface area (Å²) in [5.74, 6) is -0.904. The summed E-state index contributed by atoms with van der Waals surface area (Å²) in [6, 6.07) is 0. The van der Waals surface area contributed by atoms with Crippen LogP contribution in [0.5, 0.6) is 0 Å². The second-order valence-electron chi connectivity index (χ2n) is 2.01. The lowest BCUT2D eigenvalue weighted by Gasteiger charge is -1.91. The fraction of sp³-hybridized carbons (Fsp3) is 0.500. The molecule has 0 aromatic rings. The van der Waals surface area contributed by atoms with E-state index in [2.05, 4.69) is 0 Å². The van der Waals surface area contributed by atoms with E-state index in [1.807, 2.05) is 0 Å². The Kier molecular flexibility index (Phi) is 4.72. The Bertz CT molecular complexity index is 197. The largest absolute Gasteiger partial charge is 0.478 e. The van der Waals surface area contributed by atoms with Crippen molar-refractivity contribution in [3.63, 3.8) is 0 Å². The van der Waals surface area contributed by atoms with E-state index in [4.69, 9.17) is 9.66 Å². The van der Waals surface area contributed by atoms with Gasteiger partial charge in [-0.05, 0) is 13.3 Å². The average molecular weight is 178 g/mol. The van der Waals surface area contributed by atoms with Gasteiger partial charge in [-0.2, -0.15) is 0 Å². The molecule has 0 saturated heterocycles. The van der Waals surface area contributed by atoms with Gasteiger partial charge in [-0.25, -0.2) is 9.00 Å². The van der Waals surface area contributed by atoms with E-state index in [9.17, 15) is 9.00 Å². The first-order valence-electron chi connectivity index (χ1n) is 3.01. The first kappa shape index (κ1) is 10.3. The molecule has 0 heterocycles. The molecule has 0 amide bonds. The zero-order chi connectivity index (χ0) is 8.85. The lowest BCUT2D eigenvalue weighted by molar-refractivity contribution is -0.132. The second kappa shape index (κ2) is 5.03. The molecule has 0 spiro atoms. The van der Waals surface area contributed by atoms with Gasteiger partial charge in [0.15, 0.2) is 11.1 Å². The SMILES string of the molecule is CC(=CCCS(=O)O)C(=O)O. The number of rotatable bonds is 4. The van der Waals surface area contributed by atoms with Crippen molar-refractivity contribution in [1.82, 2.24) is 0 Å². The van der Waals surface area contributed by atoms with Crippen molar-refractivity contribution >= 4 is 17.0 Å². The lowest BCUT2D eigenvalue weighted by atomic mass is 10.2. The fourth-order valence-electron chi connectivity index (χ4n) is 0.464. The summed E-state index contributed by atoms with van der Waals surface area (Å²) in [7, 11) is 0. The van der Waals surface area contributed by atoms with E-state index in [1.54, 1.807) is 0 Å². The quantitative estimate of drug-likeness (QED) is 0.489. The standard InChI is InChI=1S/C6H10O4S/c1-5(6(7)8)3-2-4-11(9)10/h3H,2,4H2,1H3,(H,7,8)(H,9,10). The van der Waals surface area contributed by atoms with Gasteiger partial charge >= 0.3 is 5.97 Å². The van der Waals surface area contributed by atoms with E-state index in [0.29, 0.717) is 6.42 Å². The molecule has 0 aliphatic carbocycles. The van der Waals surface area contributed by atoms with Crippen LogP contribution in [-0.2, 0) is 15.9 Å². The summed E-state index contributed by atoms with van der Waals surface area (Å²) < 4.78 is 18.4. The van der Waals surface area contributed by atoms with Crippen molar-refractivity contribution in [3.05, 3.63) is 11.6 Å². The van der Waals surface area contributed by atoms with Crippen LogP contribution in [0.15, 0.2) is 11.6 Å². The maximum atomic E-state index is 10.2. The van der Waals surface area contributed by atoms with Gasteiger partial charge in [-0.3, -0.25) is 0 Å². The number of hydrogen-bond acceptors (Lipinski definition) is 2. The summed E-state index contributed by atoms with van der Waals surface area (Å²) in [5, 5.41) is 8.34. The first-order valence-corrected chi connectivity index (χ1v) is 4.29. The number of carbonyl (C=O) groups is 1. The Morgan fingerprint density at radius 2 is 2.18 bits per heavy atom. The van der Waals surface area contributed by atoms with Gasteiger partial charge in [0.25, 0.3) is 0 Å². The molecule has 64 valence electrons. The Labute approximate surface area is 67.2 Å². The molecule has 11 heavy (non-hydrogen) atoms. The van der Waals surface area contributed by atoms with Crippen molar-refractivity contribution in [2.24, 2.45) is 0 Å². The first-order chi connectivity index (χ1) is 5.04. The van der Waals surface area contributed by atoms with Crippen LogP contribution in [0, 0.1) is 0 Å². The van der Waals surface area contributed by atoms with Crippen LogP contribution in [0.25, 0.3) is 0 Å². The maximum Gasteiger partial charge on any atom is 0.330 e. The Morgan fingerprint density at radius 1 is 1.64 bits per heavy atom. The Morgan fingerprint density at radius 3 is 2.55 bits per heavy atom. The highest BCUT2D eigenvalue weighted by Gasteiger charge is 1.98. The number of carboxylic acid groups (broad SMARTS) is 1. The number of aliphatic carboxylic acids is 1. The monoisotopic (exact) mass is 178 g/mol. The average Bonchev–Trinajstić information content (AvgIpc) is 1.86. The molecular weight excluding hydrogens is 168 g/mol. The van der Waals surface area contributed by atoms with Gasteiger partial charge in [0.1, 0.15) is 0 Å². The Balaban J connectivity index is 3.74. The summed E-state index contributed by atoms with van der Waals surface area (Å²) in [4.78, 5) is 10.2. The molecule has 0 fully saturated rings. The molecule has 0 radical (unpaired) electrons. The molecule has 2 N–H and O–H groups in total. The zero-order valence-corrected chi connectivity index (χ0v) is 6.93. The summed E-state index contributed by atoms with van der Waals surface area (Å²) in [5.41, 5.74) is 0.204. The van der Waals surface area contributed by atoms with Gasteiger partial charge < -0.3 is 9.66 Å². The smallest absolute Gasteiger partial charge is 0.330 e. The second-order valence-corrected chi connectivity index (χ2v) is 3.06. The molecule has 1 atom stereocenters. The third-order valence-corrected chi connectivity index (χ3v) is 1.67. The Hall–Kier alpha value is -0.680. The maximum absolute atomic E-state index is 10.2. The minimum Gasteiger partial charge on any atom is -0.478 e. The van der Waals surface area contributed by atoms with Gasteiger partial charge in [-0.15, -0.1) is 0 Å². The highest BCUT2D eigenvalue weighted by atomic mass is 32.2. The molecule has 0 aromatic heterocycles. The molecule has 0 aliphatic heterocycles. The topological polar surface area (TPSA) is 74.6 Å². The van der Waals surface area contributed by atoms with Crippen molar-refractivity contribution in [2.75, 3.05) is 5.75 Å². The van der Waals surface area contributed by atoms with Crippen LogP contribution in [0.1, 0.15) is 13.3 Å². The highest BCUT2D eigenvalue weighted by Crippen LogP contribution is 1.95. The summed E-state index contributed by atoms with van der Waals surface area (Å²) >= 11 is -1.83. The molecular formula is C6H10O4S. The molecule has 1 unspecified atom stereocenters. The van der Waals surface area contributed by atoms with Crippen LogP contribution < -0.4 is 0 Å². The summed E-state index contributed by atoms with van der Waals surface area (Å²) in [6.45, 7) is 1.45. The third-order valence-electron chi connectivity index (χ3n) is 1.08. The van der Waals surface area contributed by atoms with Gasteiger partial charge in [0.05, 0.1) is 5.75 Å². The lowest BCUT2D eigenvalue weighted by Crippen LogP contribution is -1.98. The predicted octanol–water partition coefficient (Wildman–Crippen LogP) is 0.629. The number of carboxylic acids is 1. The van der Waals surface area contributed by atoms with E-state index < -0.39 is 17.0 Å². The fourth-order valence-corrected chi connectivity index (χ4v) is 0.783. The van der Waals surface area contributed by atoms with Crippen LogP contribution in [0.2, 0.25) is 0 Å². The summed E-state index contributed by atoms with van der Waals surface area (Å²) in [6.07, 6.45) is 1.75. The van der Waals surface area contributed by atoms with E-state index >= 15 is 0 Å². The molecule has 0 rings (SSSR count). The molecule has 5 heteroatoms.